The summed E-state index contributed by atoms with van der Waals surface area (Å²) in [6.07, 6.45) is 7.82. The molecule has 2 bridgehead atoms. The van der Waals surface area contributed by atoms with E-state index in [4.69, 9.17) is 0 Å². The Morgan fingerprint density at radius 1 is 1.17 bits per heavy atom. The SMILES string of the molecule is CCCC(CCC)C(=O)N1C2CCC1CC(O)C2. The maximum Gasteiger partial charge on any atom is 0.226 e. The van der Waals surface area contributed by atoms with Gasteiger partial charge in [-0.15, -0.1) is 0 Å². The molecule has 0 aromatic rings. The van der Waals surface area contributed by atoms with Gasteiger partial charge in [0.15, 0.2) is 0 Å². The van der Waals surface area contributed by atoms with Crippen molar-refractivity contribution in [1.82, 2.24) is 4.90 Å². The predicted octanol–water partition coefficient (Wildman–Crippen LogP) is 2.72. The van der Waals surface area contributed by atoms with Gasteiger partial charge in [-0.05, 0) is 38.5 Å². The first-order valence-electron chi connectivity index (χ1n) is 7.67. The first kappa shape index (κ1) is 13.9. The van der Waals surface area contributed by atoms with Gasteiger partial charge in [0, 0.05) is 18.0 Å². The van der Waals surface area contributed by atoms with Crippen LogP contribution in [0.1, 0.15) is 65.2 Å². The van der Waals surface area contributed by atoms with Crippen molar-refractivity contribution in [3.05, 3.63) is 0 Å². The normalized spacial score (nSPS) is 31.1. The Labute approximate surface area is 111 Å². The van der Waals surface area contributed by atoms with E-state index in [1.54, 1.807) is 0 Å². The number of hydrogen-bond donors (Lipinski definition) is 1. The molecule has 0 radical (unpaired) electrons. The average molecular weight is 253 g/mol. The lowest BCUT2D eigenvalue weighted by Crippen LogP contribution is -2.50. The lowest BCUT2D eigenvalue weighted by atomic mass is 9.92. The van der Waals surface area contributed by atoms with Gasteiger partial charge in [0.1, 0.15) is 0 Å². The second kappa shape index (κ2) is 6.05. The Balaban J connectivity index is 2.03. The van der Waals surface area contributed by atoms with Crippen molar-refractivity contribution in [3.63, 3.8) is 0 Å². The van der Waals surface area contributed by atoms with Crippen LogP contribution in [0, 0.1) is 5.92 Å². The Bertz CT molecular complexity index is 272. The summed E-state index contributed by atoms with van der Waals surface area (Å²) in [5.74, 6) is 0.594. The van der Waals surface area contributed by atoms with Gasteiger partial charge in [0.05, 0.1) is 6.10 Å². The molecule has 1 amide bonds. The molecule has 0 aliphatic carbocycles. The van der Waals surface area contributed by atoms with E-state index in [2.05, 4.69) is 18.7 Å². The summed E-state index contributed by atoms with van der Waals surface area (Å²) in [4.78, 5) is 14.8. The number of amides is 1. The summed E-state index contributed by atoms with van der Waals surface area (Å²) < 4.78 is 0. The van der Waals surface area contributed by atoms with E-state index in [0.29, 0.717) is 18.0 Å². The molecule has 104 valence electrons. The van der Waals surface area contributed by atoms with Crippen LogP contribution in [0.3, 0.4) is 0 Å². The van der Waals surface area contributed by atoms with Crippen molar-refractivity contribution in [1.29, 1.82) is 0 Å². The Morgan fingerprint density at radius 3 is 2.11 bits per heavy atom. The van der Waals surface area contributed by atoms with E-state index in [1.165, 1.54) is 0 Å². The van der Waals surface area contributed by atoms with Crippen LogP contribution in [-0.2, 0) is 4.79 Å². The Kier molecular flexibility index (Phi) is 4.66. The van der Waals surface area contributed by atoms with Gasteiger partial charge in [-0.25, -0.2) is 0 Å². The van der Waals surface area contributed by atoms with E-state index in [0.717, 1.165) is 51.4 Å². The molecule has 3 heteroatoms. The van der Waals surface area contributed by atoms with Crippen molar-refractivity contribution in [2.75, 3.05) is 0 Å². The molecule has 1 N–H and O–H groups in total. The number of carbonyl (C=O) groups excluding carboxylic acids is 1. The van der Waals surface area contributed by atoms with Gasteiger partial charge < -0.3 is 10.0 Å². The van der Waals surface area contributed by atoms with E-state index in [9.17, 15) is 9.90 Å². The largest absolute Gasteiger partial charge is 0.393 e. The van der Waals surface area contributed by atoms with Crippen LogP contribution < -0.4 is 0 Å². The zero-order valence-corrected chi connectivity index (χ0v) is 11.8. The summed E-state index contributed by atoms with van der Waals surface area (Å²) in [6.45, 7) is 4.31. The highest BCUT2D eigenvalue weighted by Gasteiger charge is 2.43. The second-order valence-electron chi connectivity index (χ2n) is 6.03. The van der Waals surface area contributed by atoms with Crippen molar-refractivity contribution >= 4 is 5.91 Å². The summed E-state index contributed by atoms with van der Waals surface area (Å²) in [7, 11) is 0. The van der Waals surface area contributed by atoms with Crippen LogP contribution in [0.2, 0.25) is 0 Å². The van der Waals surface area contributed by atoms with E-state index < -0.39 is 0 Å². The number of rotatable bonds is 5. The van der Waals surface area contributed by atoms with Crippen molar-refractivity contribution in [3.8, 4) is 0 Å². The maximum atomic E-state index is 12.7. The standard InChI is InChI=1S/C15H27NO2/c1-3-5-11(6-4-2)15(18)16-12-7-8-13(16)10-14(17)9-12/h11-14,17H,3-10H2,1-2H3. The van der Waals surface area contributed by atoms with Crippen molar-refractivity contribution in [2.45, 2.75) is 83.4 Å². The number of aliphatic hydroxyl groups excluding tert-OH is 1. The Morgan fingerprint density at radius 2 is 1.67 bits per heavy atom. The Hall–Kier alpha value is -0.570. The summed E-state index contributed by atoms with van der Waals surface area (Å²) in [5.41, 5.74) is 0. The molecule has 2 saturated heterocycles. The molecule has 18 heavy (non-hydrogen) atoms. The molecule has 0 saturated carbocycles. The molecule has 2 atom stereocenters. The minimum atomic E-state index is -0.178. The number of carbonyl (C=O) groups is 1. The second-order valence-corrected chi connectivity index (χ2v) is 6.03. The molecule has 3 nitrogen and oxygen atoms in total. The first-order chi connectivity index (χ1) is 8.67. The molecule has 0 spiro atoms. The maximum absolute atomic E-state index is 12.7. The zero-order valence-electron chi connectivity index (χ0n) is 11.8. The van der Waals surface area contributed by atoms with Gasteiger partial charge in [0.25, 0.3) is 0 Å². The minimum absolute atomic E-state index is 0.178. The molecule has 2 rings (SSSR count). The molecule has 2 fully saturated rings. The molecule has 2 aliphatic rings. The van der Waals surface area contributed by atoms with Crippen LogP contribution in [0.4, 0.5) is 0 Å². The smallest absolute Gasteiger partial charge is 0.226 e. The molecule has 0 aromatic heterocycles. The van der Waals surface area contributed by atoms with E-state index in [-0.39, 0.29) is 12.0 Å². The fourth-order valence-corrected chi connectivity index (χ4v) is 3.81. The minimum Gasteiger partial charge on any atom is -0.393 e. The molecular weight excluding hydrogens is 226 g/mol. The number of aliphatic hydroxyl groups is 1. The quantitative estimate of drug-likeness (QED) is 0.818. The van der Waals surface area contributed by atoms with Gasteiger partial charge in [-0.2, -0.15) is 0 Å². The van der Waals surface area contributed by atoms with Crippen molar-refractivity contribution in [2.24, 2.45) is 5.92 Å². The molecular formula is C15H27NO2. The summed E-state index contributed by atoms with van der Waals surface area (Å²) in [5, 5.41) is 9.80. The highest BCUT2D eigenvalue weighted by Crippen LogP contribution is 2.37. The number of piperidine rings is 1. The topological polar surface area (TPSA) is 40.5 Å². The zero-order chi connectivity index (χ0) is 13.1. The number of fused-ring (bicyclic) bond motifs is 2. The van der Waals surface area contributed by atoms with Gasteiger partial charge in [-0.3, -0.25) is 4.79 Å². The van der Waals surface area contributed by atoms with E-state index >= 15 is 0 Å². The van der Waals surface area contributed by atoms with Gasteiger partial charge in [-0.1, -0.05) is 26.7 Å². The summed E-state index contributed by atoms with van der Waals surface area (Å²) in [6, 6.07) is 0.643. The van der Waals surface area contributed by atoms with Crippen molar-refractivity contribution < 1.29 is 9.90 Å². The molecule has 0 aromatic carbocycles. The monoisotopic (exact) mass is 253 g/mol. The van der Waals surface area contributed by atoms with Crippen LogP contribution in [0.5, 0.6) is 0 Å². The highest BCUT2D eigenvalue weighted by atomic mass is 16.3. The third-order valence-electron chi connectivity index (χ3n) is 4.59. The van der Waals surface area contributed by atoms with Crippen LogP contribution in [0.15, 0.2) is 0 Å². The highest BCUT2D eigenvalue weighted by molar-refractivity contribution is 5.80. The lowest BCUT2D eigenvalue weighted by molar-refractivity contribution is -0.142. The van der Waals surface area contributed by atoms with Crippen LogP contribution in [0.25, 0.3) is 0 Å². The van der Waals surface area contributed by atoms with Crippen LogP contribution >= 0.6 is 0 Å². The summed E-state index contributed by atoms with van der Waals surface area (Å²) >= 11 is 0. The molecule has 2 aliphatic heterocycles. The predicted molar refractivity (Wildman–Crippen MR) is 72.2 cm³/mol. The number of nitrogens with zero attached hydrogens (tertiary/aromatic N) is 1. The molecule has 2 heterocycles. The fraction of sp³-hybridized carbons (Fsp3) is 0.933. The van der Waals surface area contributed by atoms with Gasteiger partial charge >= 0.3 is 0 Å². The number of hydrogen-bond acceptors (Lipinski definition) is 2. The lowest BCUT2D eigenvalue weighted by Gasteiger charge is -2.39. The fourth-order valence-electron chi connectivity index (χ4n) is 3.81. The average Bonchev–Trinajstić information content (AvgIpc) is 2.60. The first-order valence-corrected chi connectivity index (χ1v) is 7.67. The van der Waals surface area contributed by atoms with Crippen LogP contribution in [-0.4, -0.2) is 34.1 Å². The molecule has 2 unspecified atom stereocenters. The van der Waals surface area contributed by atoms with Gasteiger partial charge in [0.2, 0.25) is 5.91 Å². The van der Waals surface area contributed by atoms with E-state index in [1.807, 2.05) is 0 Å². The third-order valence-corrected chi connectivity index (χ3v) is 4.59. The third kappa shape index (κ3) is 2.71.